The molecule has 16 heavy (non-hydrogen) atoms. The minimum Gasteiger partial charge on any atom is -0.396 e. The van der Waals surface area contributed by atoms with Gasteiger partial charge in [0.15, 0.2) is 0 Å². The lowest BCUT2D eigenvalue weighted by molar-refractivity contribution is 0.129. The molecule has 0 amide bonds. The van der Waals surface area contributed by atoms with Crippen LogP contribution in [0.4, 0.5) is 0 Å². The molecule has 1 N–H and O–H groups in total. The predicted molar refractivity (Wildman–Crippen MR) is 66.4 cm³/mol. The van der Waals surface area contributed by atoms with Crippen LogP contribution in [0.1, 0.15) is 45.0 Å². The van der Waals surface area contributed by atoms with Crippen molar-refractivity contribution in [1.82, 2.24) is 9.78 Å². The van der Waals surface area contributed by atoms with Crippen molar-refractivity contribution in [2.75, 3.05) is 6.61 Å². The van der Waals surface area contributed by atoms with Crippen molar-refractivity contribution in [3.63, 3.8) is 0 Å². The fourth-order valence-corrected chi connectivity index (χ4v) is 2.28. The van der Waals surface area contributed by atoms with Crippen LogP contribution >= 0.6 is 0 Å². The van der Waals surface area contributed by atoms with Crippen LogP contribution in [0, 0.1) is 12.3 Å². The summed E-state index contributed by atoms with van der Waals surface area (Å²) in [5.41, 5.74) is 2.30. The third kappa shape index (κ3) is 3.08. The second-order valence-corrected chi connectivity index (χ2v) is 4.99. The second kappa shape index (κ2) is 5.48. The lowest BCUT2D eigenvalue weighted by Gasteiger charge is -2.26. The van der Waals surface area contributed by atoms with Crippen LogP contribution in [0.15, 0.2) is 6.07 Å². The Balaban J connectivity index is 2.84. The van der Waals surface area contributed by atoms with Crippen molar-refractivity contribution in [3.05, 3.63) is 17.5 Å². The molecule has 3 heteroatoms. The molecule has 0 aromatic carbocycles. The lowest BCUT2D eigenvalue weighted by atomic mass is 9.82. The standard InChI is InChI=1S/C13H24N2O/c1-5-7-13(4,10-16)9-12-8-11(3)14-15(12)6-2/h8,16H,5-7,9-10H2,1-4H3. The molecule has 0 radical (unpaired) electrons. The largest absolute Gasteiger partial charge is 0.396 e. The van der Waals surface area contributed by atoms with Gasteiger partial charge in [-0.1, -0.05) is 20.3 Å². The molecule has 0 aliphatic carbocycles. The molecule has 92 valence electrons. The Bertz CT molecular complexity index is 333. The van der Waals surface area contributed by atoms with E-state index in [9.17, 15) is 5.11 Å². The molecule has 1 rings (SSSR count). The number of aromatic nitrogens is 2. The quantitative estimate of drug-likeness (QED) is 0.806. The Kier molecular flexibility index (Phi) is 4.54. The second-order valence-electron chi connectivity index (χ2n) is 4.99. The number of rotatable bonds is 6. The van der Waals surface area contributed by atoms with Gasteiger partial charge in [-0.25, -0.2) is 0 Å². The van der Waals surface area contributed by atoms with Gasteiger partial charge in [-0.3, -0.25) is 4.68 Å². The van der Waals surface area contributed by atoms with Crippen LogP contribution in [0.5, 0.6) is 0 Å². The molecule has 1 aromatic heterocycles. The third-order valence-corrected chi connectivity index (χ3v) is 3.13. The average Bonchev–Trinajstić information content (AvgIpc) is 2.59. The zero-order valence-corrected chi connectivity index (χ0v) is 11.0. The maximum atomic E-state index is 9.52. The first kappa shape index (κ1) is 13.2. The van der Waals surface area contributed by atoms with Gasteiger partial charge >= 0.3 is 0 Å². The van der Waals surface area contributed by atoms with Crippen molar-refractivity contribution in [2.24, 2.45) is 5.41 Å². The van der Waals surface area contributed by atoms with Crippen molar-refractivity contribution >= 4 is 0 Å². The van der Waals surface area contributed by atoms with Gasteiger partial charge in [0.25, 0.3) is 0 Å². The van der Waals surface area contributed by atoms with Gasteiger partial charge in [0.1, 0.15) is 0 Å². The topological polar surface area (TPSA) is 38.1 Å². The van der Waals surface area contributed by atoms with Crippen LogP contribution in [0.2, 0.25) is 0 Å². The van der Waals surface area contributed by atoms with E-state index < -0.39 is 0 Å². The van der Waals surface area contributed by atoms with E-state index in [1.165, 1.54) is 5.69 Å². The molecular weight excluding hydrogens is 200 g/mol. The fourth-order valence-electron chi connectivity index (χ4n) is 2.28. The highest BCUT2D eigenvalue weighted by molar-refractivity contribution is 5.11. The van der Waals surface area contributed by atoms with E-state index in [0.29, 0.717) is 0 Å². The van der Waals surface area contributed by atoms with E-state index in [1.807, 2.05) is 11.6 Å². The minimum atomic E-state index is -0.00581. The minimum absolute atomic E-state index is 0.00581. The normalized spacial score (nSPS) is 15.1. The Morgan fingerprint density at radius 2 is 2.12 bits per heavy atom. The maximum Gasteiger partial charge on any atom is 0.0596 e. The monoisotopic (exact) mass is 224 g/mol. The highest BCUT2D eigenvalue weighted by Crippen LogP contribution is 2.27. The molecule has 0 spiro atoms. The Morgan fingerprint density at radius 3 is 2.62 bits per heavy atom. The molecule has 1 unspecified atom stereocenters. The highest BCUT2D eigenvalue weighted by Gasteiger charge is 2.24. The number of aliphatic hydroxyl groups excluding tert-OH is 1. The first-order chi connectivity index (χ1) is 7.54. The number of hydrogen-bond acceptors (Lipinski definition) is 2. The Labute approximate surface area is 98.5 Å². The van der Waals surface area contributed by atoms with Crippen molar-refractivity contribution in [2.45, 2.75) is 53.5 Å². The molecule has 0 fully saturated rings. The molecule has 0 saturated heterocycles. The van der Waals surface area contributed by atoms with Crippen molar-refractivity contribution in [3.8, 4) is 0 Å². The zero-order chi connectivity index (χ0) is 12.2. The summed E-state index contributed by atoms with van der Waals surface area (Å²) < 4.78 is 2.04. The first-order valence-corrected chi connectivity index (χ1v) is 6.19. The van der Waals surface area contributed by atoms with Gasteiger partial charge < -0.3 is 5.11 Å². The van der Waals surface area contributed by atoms with Crippen LogP contribution in [-0.2, 0) is 13.0 Å². The number of aryl methyl sites for hydroxylation is 2. The molecule has 0 saturated carbocycles. The summed E-state index contributed by atoms with van der Waals surface area (Å²) in [6, 6.07) is 2.13. The molecule has 0 aliphatic heterocycles. The summed E-state index contributed by atoms with van der Waals surface area (Å²) in [7, 11) is 0. The van der Waals surface area contributed by atoms with Crippen molar-refractivity contribution in [1.29, 1.82) is 0 Å². The summed E-state index contributed by atoms with van der Waals surface area (Å²) in [6.45, 7) is 9.58. The van der Waals surface area contributed by atoms with Crippen LogP contribution < -0.4 is 0 Å². The molecule has 1 heterocycles. The van der Waals surface area contributed by atoms with Gasteiger partial charge in [0, 0.05) is 18.8 Å². The van der Waals surface area contributed by atoms with E-state index in [-0.39, 0.29) is 12.0 Å². The summed E-state index contributed by atoms with van der Waals surface area (Å²) in [5, 5.41) is 14.0. The van der Waals surface area contributed by atoms with E-state index in [4.69, 9.17) is 0 Å². The smallest absolute Gasteiger partial charge is 0.0596 e. The summed E-state index contributed by atoms with van der Waals surface area (Å²) >= 11 is 0. The Morgan fingerprint density at radius 1 is 1.44 bits per heavy atom. The summed E-state index contributed by atoms with van der Waals surface area (Å²) in [5.74, 6) is 0. The first-order valence-electron chi connectivity index (χ1n) is 6.19. The number of aliphatic hydroxyl groups is 1. The SMILES string of the molecule is CCCC(C)(CO)Cc1cc(C)nn1CC. The zero-order valence-electron chi connectivity index (χ0n) is 11.0. The van der Waals surface area contributed by atoms with Gasteiger partial charge in [0.2, 0.25) is 0 Å². The summed E-state index contributed by atoms with van der Waals surface area (Å²) in [4.78, 5) is 0. The molecule has 0 bridgehead atoms. The van der Waals surface area contributed by atoms with E-state index in [1.54, 1.807) is 0 Å². The van der Waals surface area contributed by atoms with Gasteiger partial charge in [-0.05, 0) is 38.2 Å². The van der Waals surface area contributed by atoms with Crippen molar-refractivity contribution < 1.29 is 5.11 Å². The van der Waals surface area contributed by atoms with Gasteiger partial charge in [-0.15, -0.1) is 0 Å². The molecular formula is C13H24N2O. The average molecular weight is 224 g/mol. The molecule has 3 nitrogen and oxygen atoms in total. The van der Waals surface area contributed by atoms with E-state index in [0.717, 1.165) is 31.5 Å². The van der Waals surface area contributed by atoms with E-state index >= 15 is 0 Å². The third-order valence-electron chi connectivity index (χ3n) is 3.13. The fraction of sp³-hybridized carbons (Fsp3) is 0.769. The molecule has 0 aliphatic rings. The van der Waals surface area contributed by atoms with Crippen LogP contribution in [0.25, 0.3) is 0 Å². The Hall–Kier alpha value is -0.830. The van der Waals surface area contributed by atoms with Crippen LogP contribution in [-0.4, -0.2) is 21.5 Å². The molecule has 1 atom stereocenters. The predicted octanol–water partition coefficient (Wildman–Crippen LogP) is 2.55. The number of nitrogens with zero attached hydrogens (tertiary/aromatic N) is 2. The maximum absolute atomic E-state index is 9.52. The molecule has 1 aromatic rings. The highest BCUT2D eigenvalue weighted by atomic mass is 16.3. The van der Waals surface area contributed by atoms with Crippen LogP contribution in [0.3, 0.4) is 0 Å². The lowest BCUT2D eigenvalue weighted by Crippen LogP contribution is -2.25. The van der Waals surface area contributed by atoms with Gasteiger partial charge in [0.05, 0.1) is 5.69 Å². The van der Waals surface area contributed by atoms with Gasteiger partial charge in [-0.2, -0.15) is 5.10 Å². The summed E-state index contributed by atoms with van der Waals surface area (Å²) in [6.07, 6.45) is 3.07. The number of hydrogen-bond donors (Lipinski definition) is 1. The van der Waals surface area contributed by atoms with E-state index in [2.05, 4.69) is 31.9 Å².